The molecule has 1 aromatic carbocycles. The van der Waals surface area contributed by atoms with Crippen LogP contribution in [0.1, 0.15) is 5.56 Å². The van der Waals surface area contributed by atoms with Crippen molar-refractivity contribution >= 4 is 15.9 Å². The van der Waals surface area contributed by atoms with Crippen molar-refractivity contribution in [3.63, 3.8) is 0 Å². The Hall–Kier alpha value is -2.61. The molecule has 2 rings (SSSR count). The zero-order valence-corrected chi connectivity index (χ0v) is 15.4. The molecule has 2 aromatic rings. The van der Waals surface area contributed by atoms with Crippen molar-refractivity contribution in [3.05, 3.63) is 85.0 Å². The minimum absolute atomic E-state index is 0.00467. The van der Waals surface area contributed by atoms with Crippen molar-refractivity contribution in [2.45, 2.75) is 19.6 Å². The van der Waals surface area contributed by atoms with Gasteiger partial charge in [0.25, 0.3) is 0 Å². The highest BCUT2D eigenvalue weighted by atomic mass is 79.9. The third kappa shape index (κ3) is 3.74. The van der Waals surface area contributed by atoms with Crippen molar-refractivity contribution in [1.29, 1.82) is 0 Å². The zero-order valence-electron chi connectivity index (χ0n) is 13.8. The van der Waals surface area contributed by atoms with Gasteiger partial charge >= 0.3 is 17.1 Å². The Morgan fingerprint density at radius 2 is 1.52 bits per heavy atom. The quantitative estimate of drug-likeness (QED) is 0.649. The van der Waals surface area contributed by atoms with Crippen LogP contribution in [0.3, 0.4) is 0 Å². The summed E-state index contributed by atoms with van der Waals surface area (Å²) in [5.74, 6) is 0.534. The molecule has 25 heavy (non-hydrogen) atoms. The van der Waals surface area contributed by atoms with Crippen LogP contribution in [-0.4, -0.2) is 20.8 Å². The number of benzene rings is 1. The van der Waals surface area contributed by atoms with Gasteiger partial charge in [0, 0.05) is 10.0 Å². The fraction of sp³-hybridized carbons (Fsp3) is 0.235. The fourth-order valence-electron chi connectivity index (χ4n) is 2.43. The Morgan fingerprint density at radius 3 is 2.00 bits per heavy atom. The molecule has 0 amide bonds. The summed E-state index contributed by atoms with van der Waals surface area (Å²) in [6, 6.07) is 5.28. The largest absolute Gasteiger partial charge is 0.496 e. The van der Waals surface area contributed by atoms with Crippen molar-refractivity contribution in [3.8, 4) is 5.75 Å². The molecule has 0 N–H and O–H groups in total. The average molecular weight is 408 g/mol. The maximum atomic E-state index is 12.6. The first-order valence-electron chi connectivity index (χ1n) is 7.43. The second-order valence-corrected chi connectivity index (χ2v) is 6.10. The van der Waals surface area contributed by atoms with Gasteiger partial charge in [-0.05, 0) is 18.2 Å². The van der Waals surface area contributed by atoms with Gasteiger partial charge in [-0.15, -0.1) is 13.2 Å². The predicted molar refractivity (Wildman–Crippen MR) is 99.4 cm³/mol. The molecule has 0 aliphatic rings. The first-order valence-corrected chi connectivity index (χ1v) is 8.22. The fourth-order valence-corrected chi connectivity index (χ4v) is 2.84. The lowest BCUT2D eigenvalue weighted by Gasteiger charge is -2.14. The molecular weight excluding hydrogens is 390 g/mol. The molecule has 0 aliphatic heterocycles. The molecule has 0 saturated carbocycles. The van der Waals surface area contributed by atoms with E-state index in [1.54, 1.807) is 18.2 Å². The Bertz CT molecular complexity index is 937. The zero-order chi connectivity index (χ0) is 18.6. The molecule has 0 spiro atoms. The second kappa shape index (κ2) is 7.98. The Labute approximate surface area is 152 Å². The van der Waals surface area contributed by atoms with E-state index in [1.165, 1.54) is 19.3 Å². The minimum atomic E-state index is -0.697. The summed E-state index contributed by atoms with van der Waals surface area (Å²) in [5.41, 5.74) is -1.45. The van der Waals surface area contributed by atoms with Gasteiger partial charge in [-0.25, -0.2) is 28.1 Å². The number of nitrogens with zero attached hydrogens (tertiary/aromatic N) is 3. The summed E-state index contributed by atoms with van der Waals surface area (Å²) in [7, 11) is 1.50. The number of allylic oxidation sites excluding steroid dienone is 2. The number of methoxy groups -OCH3 is 1. The molecule has 0 bridgehead atoms. The van der Waals surface area contributed by atoms with Gasteiger partial charge in [-0.3, -0.25) is 0 Å². The number of ether oxygens (including phenoxy) is 1. The summed E-state index contributed by atoms with van der Waals surface area (Å²) in [4.78, 5) is 37.6. The highest BCUT2D eigenvalue weighted by Crippen LogP contribution is 2.23. The van der Waals surface area contributed by atoms with Crippen LogP contribution in [0.5, 0.6) is 5.75 Å². The summed E-state index contributed by atoms with van der Waals surface area (Å²) in [5, 5.41) is 0. The first kappa shape index (κ1) is 18.7. The van der Waals surface area contributed by atoms with Crippen LogP contribution in [-0.2, 0) is 19.6 Å². The highest BCUT2D eigenvalue weighted by molar-refractivity contribution is 9.10. The Kier molecular flexibility index (Phi) is 5.97. The van der Waals surface area contributed by atoms with Gasteiger partial charge in [-0.1, -0.05) is 28.1 Å². The van der Waals surface area contributed by atoms with Crippen molar-refractivity contribution in [2.75, 3.05) is 7.11 Å². The summed E-state index contributed by atoms with van der Waals surface area (Å²) in [6.07, 6.45) is 2.85. The average Bonchev–Trinajstić information content (AvgIpc) is 2.59. The van der Waals surface area contributed by atoms with E-state index < -0.39 is 17.1 Å². The Morgan fingerprint density at radius 1 is 1.00 bits per heavy atom. The standard InChI is InChI=1S/C17H18BrN3O4/c1-4-8-19-15(22)20(9-5-2)17(24)21(16(19)23)11-12-10-13(18)6-7-14(12)25-3/h4-7,10H,1-2,8-9,11H2,3H3. The third-order valence-corrected chi connectivity index (χ3v) is 4.07. The molecule has 1 heterocycles. The predicted octanol–water partition coefficient (Wildman–Crippen LogP) is 1.36. The lowest BCUT2D eigenvalue weighted by molar-refractivity contribution is 0.405. The molecular formula is C17H18BrN3O4. The van der Waals surface area contributed by atoms with Crippen LogP contribution in [0.4, 0.5) is 0 Å². The van der Waals surface area contributed by atoms with E-state index in [9.17, 15) is 14.4 Å². The van der Waals surface area contributed by atoms with Crippen LogP contribution < -0.4 is 21.8 Å². The number of hydrogen-bond acceptors (Lipinski definition) is 4. The summed E-state index contributed by atoms with van der Waals surface area (Å²) in [6.45, 7) is 7.07. The minimum Gasteiger partial charge on any atom is -0.496 e. The molecule has 0 saturated heterocycles. The van der Waals surface area contributed by atoms with E-state index in [0.717, 1.165) is 18.2 Å². The number of hydrogen-bond donors (Lipinski definition) is 0. The van der Waals surface area contributed by atoms with E-state index in [-0.39, 0.29) is 19.6 Å². The first-order chi connectivity index (χ1) is 11.9. The van der Waals surface area contributed by atoms with Gasteiger partial charge in [0.2, 0.25) is 0 Å². The summed E-state index contributed by atoms with van der Waals surface area (Å²) >= 11 is 3.36. The monoisotopic (exact) mass is 407 g/mol. The number of aromatic nitrogens is 3. The molecule has 0 atom stereocenters. The normalized spacial score (nSPS) is 10.5. The van der Waals surface area contributed by atoms with E-state index in [2.05, 4.69) is 29.1 Å². The van der Waals surface area contributed by atoms with E-state index >= 15 is 0 Å². The van der Waals surface area contributed by atoms with E-state index in [0.29, 0.717) is 11.3 Å². The van der Waals surface area contributed by atoms with Crippen LogP contribution in [0.25, 0.3) is 0 Å². The van der Waals surface area contributed by atoms with Gasteiger partial charge in [0.15, 0.2) is 0 Å². The van der Waals surface area contributed by atoms with Crippen LogP contribution in [0.2, 0.25) is 0 Å². The van der Waals surface area contributed by atoms with E-state index in [1.807, 2.05) is 0 Å². The molecule has 0 fully saturated rings. The topological polar surface area (TPSA) is 75.2 Å². The SMILES string of the molecule is C=CCn1c(=O)n(CC=C)c(=O)n(Cc2cc(Br)ccc2OC)c1=O. The van der Waals surface area contributed by atoms with Crippen molar-refractivity contribution in [2.24, 2.45) is 0 Å². The lowest BCUT2D eigenvalue weighted by atomic mass is 10.2. The van der Waals surface area contributed by atoms with Gasteiger partial charge in [0.1, 0.15) is 5.75 Å². The van der Waals surface area contributed by atoms with Gasteiger partial charge in [0.05, 0.1) is 26.7 Å². The molecule has 1 aromatic heterocycles. The van der Waals surface area contributed by atoms with Crippen LogP contribution >= 0.6 is 15.9 Å². The van der Waals surface area contributed by atoms with Gasteiger partial charge in [-0.2, -0.15) is 0 Å². The molecule has 132 valence electrons. The maximum absolute atomic E-state index is 12.6. The van der Waals surface area contributed by atoms with Crippen molar-refractivity contribution in [1.82, 2.24) is 13.7 Å². The molecule has 0 unspecified atom stereocenters. The molecule has 8 heteroatoms. The van der Waals surface area contributed by atoms with E-state index in [4.69, 9.17) is 4.74 Å². The van der Waals surface area contributed by atoms with Gasteiger partial charge < -0.3 is 4.74 Å². The summed E-state index contributed by atoms with van der Waals surface area (Å²) < 4.78 is 8.99. The molecule has 0 aliphatic carbocycles. The smallest absolute Gasteiger partial charge is 0.336 e. The lowest BCUT2D eigenvalue weighted by Crippen LogP contribution is -2.54. The molecule has 7 nitrogen and oxygen atoms in total. The van der Waals surface area contributed by atoms with Crippen LogP contribution in [0, 0.1) is 0 Å². The Balaban J connectivity index is 2.73. The second-order valence-electron chi connectivity index (χ2n) is 5.19. The highest BCUT2D eigenvalue weighted by Gasteiger charge is 2.16. The third-order valence-electron chi connectivity index (χ3n) is 3.58. The van der Waals surface area contributed by atoms with Crippen LogP contribution in [0.15, 0.2) is 62.4 Å². The molecule has 0 radical (unpaired) electrons. The number of rotatable bonds is 7. The van der Waals surface area contributed by atoms with Crippen molar-refractivity contribution < 1.29 is 4.74 Å². The maximum Gasteiger partial charge on any atom is 0.336 e. The number of halogens is 1.